The molecule has 0 nitrogen and oxygen atoms in total. The standard InChI is InChI=1S/C19H17BrS/c20-19(17-12-21-18-11-4-3-9-15(17)18)16-10-5-7-13-6-1-2-8-14(13)16/h1-4,6,8-9,11-12,16,19H,5,7,10H2. The Morgan fingerprint density at radius 3 is 2.81 bits per heavy atom. The lowest BCUT2D eigenvalue weighted by atomic mass is 9.79. The smallest absolute Gasteiger partial charge is 0.0478 e. The number of alkyl halides is 1. The van der Waals surface area contributed by atoms with Gasteiger partial charge in [0.1, 0.15) is 0 Å². The molecule has 1 aromatic heterocycles. The highest BCUT2D eigenvalue weighted by molar-refractivity contribution is 9.09. The van der Waals surface area contributed by atoms with Gasteiger partial charge in [0.2, 0.25) is 0 Å². The maximum absolute atomic E-state index is 4.02. The molecule has 0 amide bonds. The van der Waals surface area contributed by atoms with E-state index in [-0.39, 0.29) is 0 Å². The summed E-state index contributed by atoms with van der Waals surface area (Å²) in [5, 5.41) is 3.74. The van der Waals surface area contributed by atoms with Crippen LogP contribution >= 0.6 is 27.3 Å². The Kier molecular flexibility index (Phi) is 3.60. The van der Waals surface area contributed by atoms with Gasteiger partial charge in [0.05, 0.1) is 0 Å². The van der Waals surface area contributed by atoms with Crippen molar-refractivity contribution in [3.8, 4) is 0 Å². The van der Waals surface area contributed by atoms with E-state index < -0.39 is 0 Å². The number of halogens is 1. The maximum Gasteiger partial charge on any atom is 0.0478 e. The van der Waals surface area contributed by atoms with Gasteiger partial charge in [0.25, 0.3) is 0 Å². The van der Waals surface area contributed by atoms with Gasteiger partial charge in [-0.25, -0.2) is 0 Å². The van der Waals surface area contributed by atoms with Crippen LogP contribution in [-0.4, -0.2) is 0 Å². The second-order valence-electron chi connectivity index (χ2n) is 5.79. The molecule has 2 heteroatoms. The molecule has 3 aromatic rings. The van der Waals surface area contributed by atoms with Gasteiger partial charge in [-0.05, 0) is 52.8 Å². The van der Waals surface area contributed by atoms with E-state index in [0.717, 1.165) is 0 Å². The van der Waals surface area contributed by atoms with Crippen LogP contribution in [0.15, 0.2) is 53.9 Å². The van der Waals surface area contributed by atoms with Gasteiger partial charge in [0, 0.05) is 15.4 Å². The first-order chi connectivity index (χ1) is 10.3. The first kappa shape index (κ1) is 13.5. The third kappa shape index (κ3) is 2.35. The minimum absolute atomic E-state index is 0.412. The van der Waals surface area contributed by atoms with Crippen LogP contribution in [0.4, 0.5) is 0 Å². The highest BCUT2D eigenvalue weighted by atomic mass is 79.9. The lowest BCUT2D eigenvalue weighted by molar-refractivity contribution is 0.549. The number of hydrogen-bond acceptors (Lipinski definition) is 1. The first-order valence-corrected chi connectivity index (χ1v) is 9.32. The molecule has 0 saturated carbocycles. The van der Waals surface area contributed by atoms with Crippen LogP contribution in [-0.2, 0) is 6.42 Å². The maximum atomic E-state index is 4.02. The average Bonchev–Trinajstić information content (AvgIpc) is 2.98. The molecule has 2 aromatic carbocycles. The summed E-state index contributed by atoms with van der Waals surface area (Å²) < 4.78 is 1.39. The highest BCUT2D eigenvalue weighted by Gasteiger charge is 2.28. The molecule has 2 atom stereocenters. The van der Waals surface area contributed by atoms with Gasteiger partial charge in [-0.3, -0.25) is 0 Å². The topological polar surface area (TPSA) is 0 Å². The number of benzene rings is 2. The second-order valence-corrected chi connectivity index (χ2v) is 7.68. The van der Waals surface area contributed by atoms with Crippen molar-refractivity contribution in [3.63, 3.8) is 0 Å². The minimum atomic E-state index is 0.412. The number of thiophene rings is 1. The molecule has 0 saturated heterocycles. The fourth-order valence-corrected chi connectivity index (χ4v) is 5.62. The van der Waals surface area contributed by atoms with E-state index in [4.69, 9.17) is 0 Å². The van der Waals surface area contributed by atoms with Crippen LogP contribution in [0.2, 0.25) is 0 Å². The third-order valence-electron chi connectivity index (χ3n) is 4.58. The van der Waals surface area contributed by atoms with Crippen molar-refractivity contribution in [1.29, 1.82) is 0 Å². The van der Waals surface area contributed by atoms with Crippen LogP contribution in [0.3, 0.4) is 0 Å². The van der Waals surface area contributed by atoms with E-state index in [9.17, 15) is 0 Å². The molecule has 1 aliphatic rings. The van der Waals surface area contributed by atoms with Gasteiger partial charge in [0.15, 0.2) is 0 Å². The zero-order valence-electron chi connectivity index (χ0n) is 11.8. The largest absolute Gasteiger partial charge is 0.143 e. The van der Waals surface area contributed by atoms with Crippen molar-refractivity contribution in [2.45, 2.75) is 30.0 Å². The van der Waals surface area contributed by atoms with Gasteiger partial charge >= 0.3 is 0 Å². The van der Waals surface area contributed by atoms with Crippen molar-refractivity contribution in [2.75, 3.05) is 0 Å². The van der Waals surface area contributed by atoms with Gasteiger partial charge < -0.3 is 0 Å². The van der Waals surface area contributed by atoms with E-state index >= 15 is 0 Å². The summed E-state index contributed by atoms with van der Waals surface area (Å²) in [6.07, 6.45) is 3.81. The predicted octanol–water partition coefficient (Wildman–Crippen LogP) is 6.46. The summed E-state index contributed by atoms with van der Waals surface area (Å²) in [5.74, 6) is 0.591. The predicted molar refractivity (Wildman–Crippen MR) is 95.6 cm³/mol. The van der Waals surface area contributed by atoms with Crippen LogP contribution in [0.25, 0.3) is 10.1 Å². The Morgan fingerprint density at radius 1 is 1.05 bits per heavy atom. The highest BCUT2D eigenvalue weighted by Crippen LogP contribution is 2.47. The van der Waals surface area contributed by atoms with Crippen LogP contribution < -0.4 is 0 Å². The summed E-state index contributed by atoms with van der Waals surface area (Å²) in [5.41, 5.74) is 4.54. The lowest BCUT2D eigenvalue weighted by Crippen LogP contribution is -2.13. The number of aryl methyl sites for hydroxylation is 1. The molecular weight excluding hydrogens is 340 g/mol. The Labute approximate surface area is 137 Å². The number of fused-ring (bicyclic) bond motifs is 2. The van der Waals surface area contributed by atoms with Gasteiger partial charge in [-0.1, -0.05) is 58.4 Å². The fourth-order valence-electron chi connectivity index (χ4n) is 3.52. The molecular formula is C19H17BrS. The molecule has 0 N–H and O–H groups in total. The summed E-state index contributed by atoms with van der Waals surface area (Å²) in [6.45, 7) is 0. The average molecular weight is 357 g/mol. The molecule has 0 bridgehead atoms. The number of rotatable bonds is 2. The molecule has 0 radical (unpaired) electrons. The molecule has 0 aliphatic heterocycles. The summed E-state index contributed by atoms with van der Waals surface area (Å²) >= 11 is 5.88. The third-order valence-corrected chi connectivity index (χ3v) is 6.69. The van der Waals surface area contributed by atoms with Gasteiger partial charge in [-0.2, -0.15) is 0 Å². The molecule has 1 aliphatic carbocycles. The van der Waals surface area contributed by atoms with E-state index in [1.807, 2.05) is 11.3 Å². The van der Waals surface area contributed by atoms with Crippen LogP contribution in [0.5, 0.6) is 0 Å². The zero-order valence-corrected chi connectivity index (χ0v) is 14.2. The quantitative estimate of drug-likeness (QED) is 0.462. The van der Waals surface area contributed by atoms with Crippen molar-refractivity contribution < 1.29 is 0 Å². The molecule has 1 heterocycles. The Morgan fingerprint density at radius 2 is 1.86 bits per heavy atom. The van der Waals surface area contributed by atoms with Crippen molar-refractivity contribution in [3.05, 3.63) is 70.6 Å². The van der Waals surface area contributed by atoms with Crippen molar-refractivity contribution in [1.82, 2.24) is 0 Å². The van der Waals surface area contributed by atoms with E-state index in [2.05, 4.69) is 69.8 Å². The van der Waals surface area contributed by atoms with Crippen molar-refractivity contribution in [2.24, 2.45) is 0 Å². The normalized spacial score (nSPS) is 19.4. The molecule has 106 valence electrons. The SMILES string of the molecule is BrC(c1csc2ccccc12)C1CCCc2ccccc21. The Balaban J connectivity index is 1.77. The van der Waals surface area contributed by atoms with Crippen molar-refractivity contribution >= 4 is 37.4 Å². The Hall–Kier alpha value is -1.12. The van der Waals surface area contributed by atoms with E-state index in [0.29, 0.717) is 10.7 Å². The number of hydrogen-bond donors (Lipinski definition) is 0. The molecule has 0 fully saturated rings. The molecule has 0 spiro atoms. The summed E-state index contributed by atoms with van der Waals surface area (Å²) in [4.78, 5) is 0.412. The first-order valence-electron chi connectivity index (χ1n) is 7.52. The molecule has 21 heavy (non-hydrogen) atoms. The summed E-state index contributed by atoms with van der Waals surface area (Å²) in [7, 11) is 0. The van der Waals surface area contributed by atoms with Crippen LogP contribution in [0, 0.1) is 0 Å². The van der Waals surface area contributed by atoms with Crippen LogP contribution in [0.1, 0.15) is 40.3 Å². The van der Waals surface area contributed by atoms with Gasteiger partial charge in [-0.15, -0.1) is 11.3 Å². The fraction of sp³-hybridized carbons (Fsp3) is 0.263. The second kappa shape index (κ2) is 5.58. The lowest BCUT2D eigenvalue weighted by Gasteiger charge is -2.29. The van der Waals surface area contributed by atoms with E-state index in [1.165, 1.54) is 40.5 Å². The molecule has 4 rings (SSSR count). The zero-order chi connectivity index (χ0) is 14.2. The monoisotopic (exact) mass is 356 g/mol. The summed E-state index contributed by atoms with van der Waals surface area (Å²) in [6, 6.07) is 17.7. The van der Waals surface area contributed by atoms with E-state index in [1.54, 1.807) is 5.56 Å². The minimum Gasteiger partial charge on any atom is -0.143 e. The Bertz CT molecular complexity index is 774. The molecule has 2 unspecified atom stereocenters.